The highest BCUT2D eigenvalue weighted by Crippen LogP contribution is 2.35. The van der Waals surface area contributed by atoms with Crippen molar-refractivity contribution in [3.63, 3.8) is 0 Å². The van der Waals surface area contributed by atoms with Gasteiger partial charge in [-0.05, 0) is 36.8 Å². The topological polar surface area (TPSA) is 12.0 Å². The van der Waals surface area contributed by atoms with E-state index in [1.807, 2.05) is 0 Å². The fraction of sp³-hybridized carbons (Fsp3) is 0.571. The van der Waals surface area contributed by atoms with Gasteiger partial charge in [0.05, 0.1) is 0 Å². The van der Waals surface area contributed by atoms with Crippen molar-refractivity contribution >= 4 is 5.69 Å². The first-order valence-electron chi connectivity index (χ1n) is 6.28. The molecule has 0 radical (unpaired) electrons. The number of nitrogens with one attached hydrogen (secondary N) is 1. The zero-order valence-electron chi connectivity index (χ0n) is 9.21. The van der Waals surface area contributed by atoms with Crippen molar-refractivity contribution in [2.24, 2.45) is 5.92 Å². The Labute approximate surface area is 91.9 Å². The van der Waals surface area contributed by atoms with Crippen molar-refractivity contribution in [2.45, 2.75) is 44.6 Å². The molecule has 2 aliphatic rings. The molecular weight excluding hydrogens is 182 g/mol. The molecule has 1 atom stereocenters. The lowest BCUT2D eigenvalue weighted by atomic mass is 9.83. The average Bonchev–Trinajstić information content (AvgIpc) is 2.74. The van der Waals surface area contributed by atoms with E-state index < -0.39 is 0 Å². The highest BCUT2D eigenvalue weighted by molar-refractivity contribution is 5.56. The van der Waals surface area contributed by atoms with E-state index >= 15 is 0 Å². The molecule has 3 rings (SSSR count). The van der Waals surface area contributed by atoms with Crippen LogP contribution in [0.5, 0.6) is 0 Å². The van der Waals surface area contributed by atoms with E-state index in [1.54, 1.807) is 0 Å². The third-order valence-electron chi connectivity index (χ3n) is 4.02. The smallest absolute Gasteiger partial charge is 0.0375 e. The second-order valence-electron chi connectivity index (χ2n) is 5.01. The zero-order chi connectivity index (χ0) is 10.1. The molecule has 15 heavy (non-hydrogen) atoms. The lowest BCUT2D eigenvalue weighted by molar-refractivity contribution is 0.321. The molecule has 1 aromatic carbocycles. The van der Waals surface area contributed by atoms with Crippen LogP contribution in [0.1, 0.15) is 37.7 Å². The van der Waals surface area contributed by atoms with E-state index in [1.165, 1.54) is 49.8 Å². The second kappa shape index (κ2) is 3.88. The Balaban J connectivity index is 1.72. The van der Waals surface area contributed by atoms with Gasteiger partial charge in [0.2, 0.25) is 0 Å². The first-order chi connectivity index (χ1) is 7.43. The molecule has 0 amide bonds. The lowest BCUT2D eigenvalue weighted by Gasteiger charge is -2.27. The minimum absolute atomic E-state index is 0.725. The summed E-state index contributed by atoms with van der Waals surface area (Å²) in [4.78, 5) is 0. The van der Waals surface area contributed by atoms with E-state index in [4.69, 9.17) is 0 Å². The van der Waals surface area contributed by atoms with Gasteiger partial charge >= 0.3 is 0 Å². The van der Waals surface area contributed by atoms with Gasteiger partial charge in [-0.2, -0.15) is 0 Å². The summed E-state index contributed by atoms with van der Waals surface area (Å²) in [6.45, 7) is 0. The molecule has 1 nitrogen and oxygen atoms in total. The molecule has 0 unspecified atom stereocenters. The number of benzene rings is 1. The van der Waals surface area contributed by atoms with Crippen LogP contribution in [-0.4, -0.2) is 6.04 Å². The summed E-state index contributed by atoms with van der Waals surface area (Å²) in [5.41, 5.74) is 2.90. The number of para-hydroxylation sites is 1. The van der Waals surface area contributed by atoms with Gasteiger partial charge in [0.1, 0.15) is 0 Å². The van der Waals surface area contributed by atoms with Gasteiger partial charge in [-0.3, -0.25) is 0 Å². The Bertz CT molecular complexity index is 314. The Morgan fingerprint density at radius 1 is 1.00 bits per heavy atom. The molecule has 1 N–H and O–H groups in total. The molecule has 1 aromatic rings. The van der Waals surface area contributed by atoms with Gasteiger partial charge in [-0.15, -0.1) is 0 Å². The maximum absolute atomic E-state index is 3.70. The van der Waals surface area contributed by atoms with Crippen LogP contribution in [0, 0.1) is 5.92 Å². The average molecular weight is 201 g/mol. The summed E-state index contributed by atoms with van der Waals surface area (Å²) in [6.07, 6.45) is 8.46. The molecule has 1 fully saturated rings. The van der Waals surface area contributed by atoms with Crippen LogP contribution in [0.25, 0.3) is 0 Å². The predicted octanol–water partition coefficient (Wildman–Crippen LogP) is 3.60. The summed E-state index contributed by atoms with van der Waals surface area (Å²) in [7, 11) is 0. The van der Waals surface area contributed by atoms with Crippen LogP contribution >= 0.6 is 0 Å². The summed E-state index contributed by atoms with van der Waals surface area (Å²) in [5, 5.41) is 3.70. The van der Waals surface area contributed by atoms with E-state index in [2.05, 4.69) is 29.6 Å². The molecule has 0 bridgehead atoms. The van der Waals surface area contributed by atoms with Crippen molar-refractivity contribution in [3.8, 4) is 0 Å². The highest BCUT2D eigenvalue weighted by Gasteiger charge is 2.28. The molecule has 80 valence electrons. The fourth-order valence-electron chi connectivity index (χ4n) is 3.15. The number of hydrogen-bond donors (Lipinski definition) is 1. The SMILES string of the molecule is c1ccc2c(c1)C[C@@H](C1CCCCC1)N2. The Kier molecular flexibility index (Phi) is 2.40. The van der Waals surface area contributed by atoms with Gasteiger partial charge in [-0.25, -0.2) is 0 Å². The quantitative estimate of drug-likeness (QED) is 0.732. The highest BCUT2D eigenvalue weighted by atomic mass is 15.0. The summed E-state index contributed by atoms with van der Waals surface area (Å²) >= 11 is 0. The van der Waals surface area contributed by atoms with E-state index in [0.717, 1.165) is 12.0 Å². The van der Waals surface area contributed by atoms with Crippen molar-refractivity contribution in [3.05, 3.63) is 29.8 Å². The third-order valence-corrected chi connectivity index (χ3v) is 4.02. The molecular formula is C14H19N. The zero-order valence-corrected chi connectivity index (χ0v) is 9.21. The monoisotopic (exact) mass is 201 g/mol. The molecule has 1 saturated carbocycles. The number of fused-ring (bicyclic) bond motifs is 1. The third kappa shape index (κ3) is 1.75. The minimum Gasteiger partial charge on any atom is -0.381 e. The van der Waals surface area contributed by atoms with Crippen molar-refractivity contribution in [2.75, 3.05) is 5.32 Å². The molecule has 1 heterocycles. The maximum atomic E-state index is 3.70. The minimum atomic E-state index is 0.725. The standard InChI is InChI=1S/C14H19N/c1-2-6-11(7-3-1)14-10-12-8-4-5-9-13(12)15-14/h4-5,8-9,11,14-15H,1-3,6-7,10H2/t14-/m0/s1. The van der Waals surface area contributed by atoms with Crippen LogP contribution < -0.4 is 5.32 Å². The molecule has 0 aromatic heterocycles. The molecule has 1 aliphatic heterocycles. The van der Waals surface area contributed by atoms with Crippen LogP contribution in [0.2, 0.25) is 0 Å². The van der Waals surface area contributed by atoms with Crippen molar-refractivity contribution in [1.29, 1.82) is 0 Å². The Morgan fingerprint density at radius 3 is 2.60 bits per heavy atom. The van der Waals surface area contributed by atoms with Crippen molar-refractivity contribution < 1.29 is 0 Å². The normalized spacial score (nSPS) is 26.0. The van der Waals surface area contributed by atoms with Gasteiger partial charge in [0, 0.05) is 11.7 Å². The van der Waals surface area contributed by atoms with E-state index in [9.17, 15) is 0 Å². The Hall–Kier alpha value is -0.980. The first kappa shape index (κ1) is 9.26. The van der Waals surface area contributed by atoms with Gasteiger partial charge in [0.15, 0.2) is 0 Å². The van der Waals surface area contributed by atoms with Crippen LogP contribution in [-0.2, 0) is 6.42 Å². The number of hydrogen-bond acceptors (Lipinski definition) is 1. The molecule has 0 spiro atoms. The predicted molar refractivity (Wildman–Crippen MR) is 64.1 cm³/mol. The lowest BCUT2D eigenvalue weighted by Crippen LogP contribution is -2.28. The van der Waals surface area contributed by atoms with E-state index in [-0.39, 0.29) is 0 Å². The maximum Gasteiger partial charge on any atom is 0.0375 e. The van der Waals surface area contributed by atoms with Crippen LogP contribution in [0.3, 0.4) is 0 Å². The summed E-state index contributed by atoms with van der Waals surface area (Å²) < 4.78 is 0. The largest absolute Gasteiger partial charge is 0.381 e. The van der Waals surface area contributed by atoms with Gasteiger partial charge in [0.25, 0.3) is 0 Å². The Morgan fingerprint density at radius 2 is 1.80 bits per heavy atom. The molecule has 1 heteroatoms. The van der Waals surface area contributed by atoms with Crippen LogP contribution in [0.4, 0.5) is 5.69 Å². The second-order valence-corrected chi connectivity index (χ2v) is 5.01. The van der Waals surface area contributed by atoms with Crippen molar-refractivity contribution in [1.82, 2.24) is 0 Å². The fourth-order valence-corrected chi connectivity index (χ4v) is 3.15. The summed E-state index contributed by atoms with van der Waals surface area (Å²) in [6, 6.07) is 9.50. The number of rotatable bonds is 1. The van der Waals surface area contributed by atoms with Crippen LogP contribution in [0.15, 0.2) is 24.3 Å². The summed E-state index contributed by atoms with van der Waals surface area (Å²) in [5.74, 6) is 0.922. The molecule has 1 aliphatic carbocycles. The van der Waals surface area contributed by atoms with Gasteiger partial charge < -0.3 is 5.32 Å². The first-order valence-corrected chi connectivity index (χ1v) is 6.28. The van der Waals surface area contributed by atoms with Gasteiger partial charge in [-0.1, -0.05) is 37.5 Å². The van der Waals surface area contributed by atoms with E-state index in [0.29, 0.717) is 0 Å². The number of anilines is 1. The molecule has 0 saturated heterocycles.